The number of nitro groups is 1. The number of hydrogen-bond acceptors (Lipinski definition) is 4. The molecule has 0 aromatic heterocycles. The molecule has 1 N–H and O–H groups in total. The van der Waals surface area contributed by atoms with Crippen LogP contribution in [0.25, 0.3) is 0 Å². The third-order valence-corrected chi connectivity index (χ3v) is 3.45. The molecule has 2 rings (SSSR count). The Morgan fingerprint density at radius 3 is 2.94 bits per heavy atom. The summed E-state index contributed by atoms with van der Waals surface area (Å²) in [6.45, 7) is 3.87. The van der Waals surface area contributed by atoms with Crippen molar-refractivity contribution in [3.05, 3.63) is 33.9 Å². The zero-order valence-corrected chi connectivity index (χ0v) is 10.5. The Morgan fingerprint density at radius 1 is 1.56 bits per heavy atom. The van der Waals surface area contributed by atoms with Gasteiger partial charge in [-0.15, -0.1) is 0 Å². The first-order valence-corrected chi connectivity index (χ1v) is 6.25. The number of rotatable bonds is 3. The maximum atomic E-state index is 10.8. The highest BCUT2D eigenvalue weighted by molar-refractivity contribution is 5.55. The number of aliphatic hydroxyl groups excluding tert-OH is 1. The molecular weight excluding hydrogens is 232 g/mol. The normalized spacial score (nSPS) is 19.9. The molecule has 0 spiro atoms. The van der Waals surface area contributed by atoms with Gasteiger partial charge < -0.3 is 10.0 Å². The van der Waals surface area contributed by atoms with Gasteiger partial charge in [0.25, 0.3) is 5.69 Å². The highest BCUT2D eigenvalue weighted by Crippen LogP contribution is 2.28. The van der Waals surface area contributed by atoms with E-state index in [1.165, 1.54) is 12.5 Å². The van der Waals surface area contributed by atoms with E-state index in [-0.39, 0.29) is 12.3 Å². The average molecular weight is 250 g/mol. The highest BCUT2D eigenvalue weighted by Gasteiger charge is 2.19. The van der Waals surface area contributed by atoms with Crippen LogP contribution < -0.4 is 4.90 Å². The monoisotopic (exact) mass is 250 g/mol. The molecule has 1 unspecified atom stereocenters. The topological polar surface area (TPSA) is 66.6 Å². The van der Waals surface area contributed by atoms with Gasteiger partial charge in [-0.05, 0) is 30.9 Å². The summed E-state index contributed by atoms with van der Waals surface area (Å²) in [5.74, 6) is 0.645. The molecular formula is C13H18N2O3. The van der Waals surface area contributed by atoms with Crippen molar-refractivity contribution in [3.8, 4) is 0 Å². The second-order valence-corrected chi connectivity index (χ2v) is 4.92. The van der Waals surface area contributed by atoms with Gasteiger partial charge in [-0.3, -0.25) is 10.1 Å². The quantitative estimate of drug-likeness (QED) is 0.660. The van der Waals surface area contributed by atoms with Crippen LogP contribution in [-0.4, -0.2) is 23.1 Å². The Bertz CT molecular complexity index is 448. The molecule has 1 heterocycles. The fourth-order valence-corrected chi connectivity index (χ4v) is 2.50. The van der Waals surface area contributed by atoms with E-state index >= 15 is 0 Å². The summed E-state index contributed by atoms with van der Waals surface area (Å²) in [5.41, 5.74) is 1.35. The smallest absolute Gasteiger partial charge is 0.275 e. The molecule has 0 saturated carbocycles. The Balaban J connectivity index is 2.26. The van der Waals surface area contributed by atoms with Gasteiger partial charge in [0.05, 0.1) is 17.1 Å². The Kier molecular flexibility index (Phi) is 3.81. The van der Waals surface area contributed by atoms with Gasteiger partial charge >= 0.3 is 0 Å². The first-order chi connectivity index (χ1) is 8.61. The maximum absolute atomic E-state index is 10.8. The lowest BCUT2D eigenvalue weighted by Crippen LogP contribution is -2.34. The number of piperidine rings is 1. The summed E-state index contributed by atoms with van der Waals surface area (Å²) in [7, 11) is 0. The second-order valence-electron chi connectivity index (χ2n) is 4.92. The molecule has 1 saturated heterocycles. The van der Waals surface area contributed by atoms with E-state index in [2.05, 4.69) is 11.8 Å². The van der Waals surface area contributed by atoms with E-state index in [0.717, 1.165) is 25.2 Å². The van der Waals surface area contributed by atoms with Crippen LogP contribution in [0, 0.1) is 16.0 Å². The molecule has 0 aliphatic carbocycles. The van der Waals surface area contributed by atoms with Gasteiger partial charge in [0.2, 0.25) is 0 Å². The van der Waals surface area contributed by atoms with Crippen molar-refractivity contribution in [2.45, 2.75) is 26.4 Å². The summed E-state index contributed by atoms with van der Waals surface area (Å²) < 4.78 is 0. The van der Waals surface area contributed by atoms with Crippen molar-refractivity contribution in [1.82, 2.24) is 0 Å². The molecule has 1 aromatic rings. The number of nitrogens with zero attached hydrogens (tertiary/aromatic N) is 2. The van der Waals surface area contributed by atoms with E-state index in [1.807, 2.05) is 0 Å². The minimum atomic E-state index is -0.450. The predicted molar refractivity (Wildman–Crippen MR) is 69.6 cm³/mol. The van der Waals surface area contributed by atoms with Crippen molar-refractivity contribution in [3.63, 3.8) is 0 Å². The van der Waals surface area contributed by atoms with Crippen molar-refractivity contribution in [2.75, 3.05) is 18.0 Å². The molecule has 0 bridgehead atoms. The average Bonchev–Trinajstić information content (AvgIpc) is 2.37. The zero-order chi connectivity index (χ0) is 13.1. The second kappa shape index (κ2) is 5.35. The van der Waals surface area contributed by atoms with E-state index in [4.69, 9.17) is 0 Å². The van der Waals surface area contributed by atoms with Crippen LogP contribution in [0.4, 0.5) is 11.4 Å². The van der Waals surface area contributed by atoms with Gasteiger partial charge in [-0.25, -0.2) is 0 Å². The lowest BCUT2D eigenvalue weighted by molar-refractivity contribution is -0.385. The summed E-state index contributed by atoms with van der Waals surface area (Å²) in [6.07, 6.45) is 2.38. The van der Waals surface area contributed by atoms with Gasteiger partial charge in [0.1, 0.15) is 0 Å². The van der Waals surface area contributed by atoms with Gasteiger partial charge in [0.15, 0.2) is 0 Å². The maximum Gasteiger partial charge on any atom is 0.275 e. The molecule has 5 nitrogen and oxygen atoms in total. The molecule has 1 atom stereocenters. The predicted octanol–water partition coefficient (Wildman–Crippen LogP) is 2.32. The molecule has 0 radical (unpaired) electrons. The largest absolute Gasteiger partial charge is 0.391 e. The van der Waals surface area contributed by atoms with Crippen LogP contribution in [0.3, 0.4) is 0 Å². The van der Waals surface area contributed by atoms with Crippen LogP contribution in [0.15, 0.2) is 18.2 Å². The van der Waals surface area contributed by atoms with E-state index < -0.39 is 4.92 Å². The number of benzene rings is 1. The minimum Gasteiger partial charge on any atom is -0.391 e. The summed E-state index contributed by atoms with van der Waals surface area (Å²) in [6, 6.07) is 4.99. The first kappa shape index (κ1) is 12.8. The standard InChI is InChI=1S/C13H18N2O3/c1-10-3-2-6-14(8-10)12-4-5-13(15(17)18)11(7-12)9-16/h4-5,7,10,16H,2-3,6,8-9H2,1H3. The lowest BCUT2D eigenvalue weighted by atomic mass is 9.99. The van der Waals surface area contributed by atoms with Crippen LogP contribution in [0.1, 0.15) is 25.3 Å². The van der Waals surface area contributed by atoms with Crippen molar-refractivity contribution in [2.24, 2.45) is 5.92 Å². The molecule has 1 aliphatic rings. The highest BCUT2D eigenvalue weighted by atomic mass is 16.6. The molecule has 0 amide bonds. The molecule has 1 aromatic carbocycles. The van der Waals surface area contributed by atoms with Crippen LogP contribution in [0.5, 0.6) is 0 Å². The van der Waals surface area contributed by atoms with Crippen LogP contribution in [0.2, 0.25) is 0 Å². The number of nitro benzene ring substituents is 1. The molecule has 1 fully saturated rings. The van der Waals surface area contributed by atoms with Crippen LogP contribution in [-0.2, 0) is 6.61 Å². The summed E-state index contributed by atoms with van der Waals surface area (Å²) >= 11 is 0. The van der Waals surface area contributed by atoms with Crippen molar-refractivity contribution >= 4 is 11.4 Å². The minimum absolute atomic E-state index is 0.00805. The third kappa shape index (κ3) is 2.61. The summed E-state index contributed by atoms with van der Waals surface area (Å²) in [5, 5.41) is 20.0. The third-order valence-electron chi connectivity index (χ3n) is 3.45. The van der Waals surface area contributed by atoms with Gasteiger partial charge in [0, 0.05) is 24.8 Å². The molecule has 1 aliphatic heterocycles. The molecule has 98 valence electrons. The number of hydrogen-bond donors (Lipinski definition) is 1. The fourth-order valence-electron chi connectivity index (χ4n) is 2.50. The van der Waals surface area contributed by atoms with Crippen molar-refractivity contribution < 1.29 is 10.0 Å². The first-order valence-electron chi connectivity index (χ1n) is 6.25. The Hall–Kier alpha value is -1.62. The summed E-state index contributed by atoms with van der Waals surface area (Å²) in [4.78, 5) is 12.6. The van der Waals surface area contributed by atoms with E-state index in [1.54, 1.807) is 12.1 Å². The Morgan fingerprint density at radius 2 is 2.33 bits per heavy atom. The van der Waals surface area contributed by atoms with E-state index in [9.17, 15) is 15.2 Å². The molecule has 5 heteroatoms. The lowest BCUT2D eigenvalue weighted by Gasteiger charge is -2.33. The number of anilines is 1. The zero-order valence-electron chi connectivity index (χ0n) is 10.5. The van der Waals surface area contributed by atoms with Gasteiger partial charge in [-0.2, -0.15) is 0 Å². The Labute approximate surface area is 106 Å². The molecule has 18 heavy (non-hydrogen) atoms. The van der Waals surface area contributed by atoms with Crippen molar-refractivity contribution in [1.29, 1.82) is 0 Å². The van der Waals surface area contributed by atoms with E-state index in [0.29, 0.717) is 11.5 Å². The number of aliphatic hydroxyl groups is 1. The fraction of sp³-hybridized carbons (Fsp3) is 0.538. The van der Waals surface area contributed by atoms with Crippen LogP contribution >= 0.6 is 0 Å². The van der Waals surface area contributed by atoms with Gasteiger partial charge in [-0.1, -0.05) is 6.92 Å². The SMILES string of the molecule is CC1CCCN(c2ccc([N+](=O)[O-])c(CO)c2)C1.